The van der Waals surface area contributed by atoms with Gasteiger partial charge in [-0.15, -0.1) is 0 Å². The van der Waals surface area contributed by atoms with Crippen LogP contribution in [0.2, 0.25) is 0 Å². The minimum atomic E-state index is -0.810. The van der Waals surface area contributed by atoms with Crippen LogP contribution in [-0.4, -0.2) is 37.2 Å². The molecule has 0 bridgehead atoms. The lowest BCUT2D eigenvalue weighted by Gasteiger charge is -2.18. The van der Waals surface area contributed by atoms with E-state index in [9.17, 15) is 14.4 Å². The Kier molecular flexibility index (Phi) is 46.9. The zero-order chi connectivity index (χ0) is 43.7. The van der Waals surface area contributed by atoms with E-state index < -0.39 is 6.10 Å². The molecule has 0 aromatic rings. The first-order chi connectivity index (χ1) is 29.5. The summed E-state index contributed by atoms with van der Waals surface area (Å²) in [7, 11) is 0. The third-order valence-electron chi connectivity index (χ3n) is 11.1. The topological polar surface area (TPSA) is 78.9 Å². The first-order valence-electron chi connectivity index (χ1n) is 25.7. The van der Waals surface area contributed by atoms with Gasteiger partial charge < -0.3 is 14.2 Å². The number of hydrogen-bond donors (Lipinski definition) is 0. The first kappa shape index (κ1) is 57.4. The van der Waals surface area contributed by atoms with Gasteiger partial charge in [0, 0.05) is 19.3 Å². The highest BCUT2D eigenvalue weighted by Crippen LogP contribution is 2.14. The highest BCUT2D eigenvalue weighted by Gasteiger charge is 2.19. The van der Waals surface area contributed by atoms with Crippen molar-refractivity contribution in [3.63, 3.8) is 0 Å². The van der Waals surface area contributed by atoms with Crippen LogP contribution in [0.25, 0.3) is 0 Å². The third kappa shape index (κ3) is 46.4. The molecular weight excluding hydrogens is 745 g/mol. The van der Waals surface area contributed by atoms with Gasteiger partial charge in [-0.05, 0) is 64.2 Å². The van der Waals surface area contributed by atoms with E-state index in [0.29, 0.717) is 19.3 Å². The lowest BCUT2D eigenvalue weighted by Crippen LogP contribution is -2.30. The summed E-state index contributed by atoms with van der Waals surface area (Å²) in [4.78, 5) is 37.9. The molecular formula is C54H96O6. The smallest absolute Gasteiger partial charge is 0.306 e. The van der Waals surface area contributed by atoms with Crippen molar-refractivity contribution in [2.24, 2.45) is 0 Å². The van der Waals surface area contributed by atoms with E-state index in [2.05, 4.69) is 63.3 Å². The Labute approximate surface area is 371 Å². The normalized spacial score (nSPS) is 12.4. The molecule has 0 aliphatic carbocycles. The molecule has 0 aliphatic rings. The molecule has 6 nitrogen and oxygen atoms in total. The number of unbranched alkanes of at least 4 members (excludes halogenated alkanes) is 28. The minimum absolute atomic E-state index is 0.102. The molecule has 0 aromatic heterocycles. The molecule has 0 heterocycles. The molecule has 60 heavy (non-hydrogen) atoms. The summed E-state index contributed by atoms with van der Waals surface area (Å²) in [6.07, 6.45) is 58.2. The monoisotopic (exact) mass is 841 g/mol. The molecule has 1 atom stereocenters. The molecule has 0 fully saturated rings. The lowest BCUT2D eigenvalue weighted by molar-refractivity contribution is -0.166. The van der Waals surface area contributed by atoms with Gasteiger partial charge >= 0.3 is 17.9 Å². The fourth-order valence-corrected chi connectivity index (χ4v) is 7.19. The van der Waals surface area contributed by atoms with Crippen LogP contribution in [0.15, 0.2) is 48.6 Å². The predicted molar refractivity (Wildman–Crippen MR) is 256 cm³/mol. The van der Waals surface area contributed by atoms with Gasteiger partial charge in [0.25, 0.3) is 0 Å². The molecule has 0 saturated heterocycles. The van der Waals surface area contributed by atoms with Crippen LogP contribution in [0.5, 0.6) is 0 Å². The Hall–Kier alpha value is -2.63. The molecule has 0 radical (unpaired) electrons. The molecule has 348 valence electrons. The van der Waals surface area contributed by atoms with Gasteiger partial charge in [0.2, 0.25) is 0 Å². The standard InChI is InChI=1S/C54H96O6/c1-4-7-10-13-16-19-22-25-26-27-30-32-35-38-41-44-47-53(56)59-50-51(60-54(57)48-45-42-39-36-33-29-24-21-18-15-12-9-6-3)49-58-52(55)46-43-40-37-34-31-28-23-20-17-14-11-8-5-2/h26-27,29-30,32-33,39,42,51H,4-25,28,31,34-38,40-41,43-50H2,1-3H3/b27-26-,32-30-,33-29-,42-39-. The molecule has 1 unspecified atom stereocenters. The van der Waals surface area contributed by atoms with Crippen molar-refractivity contribution >= 4 is 17.9 Å². The van der Waals surface area contributed by atoms with Gasteiger partial charge in [-0.2, -0.15) is 0 Å². The van der Waals surface area contributed by atoms with E-state index >= 15 is 0 Å². The number of allylic oxidation sites excluding steroid dienone is 8. The molecule has 0 N–H and O–H groups in total. The van der Waals surface area contributed by atoms with Crippen molar-refractivity contribution in [1.82, 2.24) is 0 Å². The van der Waals surface area contributed by atoms with E-state index in [1.54, 1.807) is 0 Å². The second-order valence-electron chi connectivity index (χ2n) is 17.1. The largest absolute Gasteiger partial charge is 0.462 e. The van der Waals surface area contributed by atoms with E-state index in [0.717, 1.165) is 64.2 Å². The van der Waals surface area contributed by atoms with Crippen molar-refractivity contribution in [3.8, 4) is 0 Å². The van der Waals surface area contributed by atoms with Crippen molar-refractivity contribution in [3.05, 3.63) is 48.6 Å². The Morgan fingerprint density at radius 1 is 0.350 bits per heavy atom. The summed E-state index contributed by atoms with van der Waals surface area (Å²) in [5, 5.41) is 0. The van der Waals surface area contributed by atoms with Crippen LogP contribution in [-0.2, 0) is 28.6 Å². The number of esters is 3. The van der Waals surface area contributed by atoms with Crippen LogP contribution >= 0.6 is 0 Å². The van der Waals surface area contributed by atoms with Gasteiger partial charge in [0.05, 0.1) is 0 Å². The van der Waals surface area contributed by atoms with Crippen LogP contribution in [0.3, 0.4) is 0 Å². The highest BCUT2D eigenvalue weighted by molar-refractivity contribution is 5.71. The van der Waals surface area contributed by atoms with Crippen molar-refractivity contribution in [2.75, 3.05) is 13.2 Å². The van der Waals surface area contributed by atoms with Crippen molar-refractivity contribution < 1.29 is 28.6 Å². The third-order valence-corrected chi connectivity index (χ3v) is 11.1. The molecule has 0 amide bonds. The first-order valence-corrected chi connectivity index (χ1v) is 25.7. The number of carbonyl (C=O) groups excluding carboxylic acids is 3. The Morgan fingerprint density at radius 3 is 1.10 bits per heavy atom. The number of rotatable bonds is 46. The molecule has 0 spiro atoms. The molecule has 0 rings (SSSR count). The summed E-state index contributed by atoms with van der Waals surface area (Å²) in [5.74, 6) is -0.992. The second-order valence-corrected chi connectivity index (χ2v) is 17.1. The van der Waals surface area contributed by atoms with E-state index in [4.69, 9.17) is 14.2 Å². The number of ether oxygens (including phenoxy) is 3. The Balaban J connectivity index is 4.46. The van der Waals surface area contributed by atoms with Crippen molar-refractivity contribution in [1.29, 1.82) is 0 Å². The predicted octanol–water partition coefficient (Wildman–Crippen LogP) is 16.7. The highest BCUT2D eigenvalue weighted by atomic mass is 16.6. The van der Waals surface area contributed by atoms with E-state index in [1.807, 2.05) is 6.08 Å². The van der Waals surface area contributed by atoms with E-state index in [1.165, 1.54) is 148 Å². The minimum Gasteiger partial charge on any atom is -0.462 e. The van der Waals surface area contributed by atoms with Gasteiger partial charge in [-0.3, -0.25) is 14.4 Å². The average molecular weight is 841 g/mol. The van der Waals surface area contributed by atoms with Crippen molar-refractivity contribution in [2.45, 2.75) is 264 Å². The maximum absolute atomic E-state index is 12.7. The van der Waals surface area contributed by atoms with E-state index in [-0.39, 0.29) is 37.5 Å². The molecule has 0 aromatic carbocycles. The quantitative estimate of drug-likeness (QED) is 0.0200. The van der Waals surface area contributed by atoms with Gasteiger partial charge in [-0.1, -0.05) is 223 Å². The summed E-state index contributed by atoms with van der Waals surface area (Å²) < 4.78 is 16.7. The summed E-state index contributed by atoms with van der Waals surface area (Å²) >= 11 is 0. The average Bonchev–Trinajstić information content (AvgIpc) is 3.24. The SMILES string of the molecule is CCCCCCCC/C=C\C/C=C\CCC(=O)OC(COC(=O)CCCCC/C=C\C=C/CCCCCCCCC)COC(=O)CCCCCCCCCCCCCCC. The van der Waals surface area contributed by atoms with Gasteiger partial charge in [0.1, 0.15) is 13.2 Å². The molecule has 6 heteroatoms. The number of hydrogen-bond acceptors (Lipinski definition) is 6. The van der Waals surface area contributed by atoms with Gasteiger partial charge in [-0.25, -0.2) is 0 Å². The maximum atomic E-state index is 12.7. The maximum Gasteiger partial charge on any atom is 0.306 e. The Bertz CT molecular complexity index is 1060. The lowest BCUT2D eigenvalue weighted by atomic mass is 10.0. The Morgan fingerprint density at radius 2 is 0.683 bits per heavy atom. The zero-order valence-corrected chi connectivity index (χ0v) is 39.7. The summed E-state index contributed by atoms with van der Waals surface area (Å²) in [5.41, 5.74) is 0. The van der Waals surface area contributed by atoms with Crippen LogP contribution < -0.4 is 0 Å². The van der Waals surface area contributed by atoms with Crippen LogP contribution in [0.1, 0.15) is 258 Å². The zero-order valence-electron chi connectivity index (χ0n) is 39.7. The summed E-state index contributed by atoms with van der Waals surface area (Å²) in [6, 6.07) is 0. The number of carbonyl (C=O) groups is 3. The fourth-order valence-electron chi connectivity index (χ4n) is 7.19. The molecule has 0 aliphatic heterocycles. The van der Waals surface area contributed by atoms with Crippen LogP contribution in [0, 0.1) is 0 Å². The van der Waals surface area contributed by atoms with Crippen LogP contribution in [0.4, 0.5) is 0 Å². The second kappa shape index (κ2) is 49.0. The van der Waals surface area contributed by atoms with Gasteiger partial charge in [0.15, 0.2) is 6.10 Å². The fraction of sp³-hybridized carbons (Fsp3) is 0.796. The summed E-state index contributed by atoms with van der Waals surface area (Å²) in [6.45, 7) is 6.56. The molecule has 0 saturated carbocycles.